The SMILES string of the molecule is COc1ccc([C@@H](C)NC(=O)c2cc(N3C[C@@H]4C[C@H]3CN4C)ccc2C)cc1OC. The van der Waals surface area contributed by atoms with Crippen LogP contribution in [0.5, 0.6) is 11.5 Å². The predicted molar refractivity (Wildman–Crippen MR) is 119 cm³/mol. The summed E-state index contributed by atoms with van der Waals surface area (Å²) in [5.41, 5.74) is 3.83. The number of fused-ring (bicyclic) bond motifs is 2. The Balaban J connectivity index is 1.51. The molecule has 2 fully saturated rings. The van der Waals surface area contributed by atoms with Crippen LogP contribution in [-0.2, 0) is 0 Å². The van der Waals surface area contributed by atoms with Crippen molar-refractivity contribution in [2.45, 2.75) is 38.4 Å². The number of hydrogen-bond acceptors (Lipinski definition) is 5. The fourth-order valence-electron chi connectivity index (χ4n) is 4.70. The highest BCUT2D eigenvalue weighted by Gasteiger charge is 2.41. The molecule has 2 aromatic rings. The minimum atomic E-state index is -0.156. The van der Waals surface area contributed by atoms with Gasteiger partial charge in [0.15, 0.2) is 11.5 Å². The van der Waals surface area contributed by atoms with Gasteiger partial charge in [-0.2, -0.15) is 0 Å². The molecule has 0 unspecified atom stereocenters. The van der Waals surface area contributed by atoms with Crippen molar-refractivity contribution >= 4 is 11.6 Å². The van der Waals surface area contributed by atoms with E-state index < -0.39 is 0 Å². The number of carbonyl (C=O) groups is 1. The Morgan fingerprint density at radius 3 is 2.47 bits per heavy atom. The Morgan fingerprint density at radius 2 is 1.83 bits per heavy atom. The molecule has 2 aromatic carbocycles. The Labute approximate surface area is 178 Å². The van der Waals surface area contributed by atoms with Gasteiger partial charge in [-0.05, 0) is 62.7 Å². The number of nitrogens with zero attached hydrogens (tertiary/aromatic N) is 2. The summed E-state index contributed by atoms with van der Waals surface area (Å²) in [6.07, 6.45) is 1.21. The fraction of sp³-hybridized carbons (Fsp3) is 0.458. The molecule has 0 aliphatic carbocycles. The third-order valence-corrected chi connectivity index (χ3v) is 6.57. The number of ether oxygens (including phenoxy) is 2. The van der Waals surface area contributed by atoms with Gasteiger partial charge in [0.2, 0.25) is 0 Å². The van der Waals surface area contributed by atoms with Gasteiger partial charge in [-0.15, -0.1) is 0 Å². The van der Waals surface area contributed by atoms with Gasteiger partial charge in [-0.1, -0.05) is 12.1 Å². The van der Waals surface area contributed by atoms with Crippen molar-refractivity contribution in [3.8, 4) is 11.5 Å². The molecule has 3 atom stereocenters. The van der Waals surface area contributed by atoms with Crippen LogP contribution in [0, 0.1) is 6.92 Å². The molecule has 2 aliphatic heterocycles. The minimum Gasteiger partial charge on any atom is -0.493 e. The molecule has 2 bridgehead atoms. The Bertz CT molecular complexity index is 943. The molecule has 0 saturated carbocycles. The lowest BCUT2D eigenvalue weighted by atomic mass is 10.0. The van der Waals surface area contributed by atoms with E-state index in [1.54, 1.807) is 14.2 Å². The summed E-state index contributed by atoms with van der Waals surface area (Å²) in [6.45, 7) is 6.10. The van der Waals surface area contributed by atoms with E-state index in [4.69, 9.17) is 9.47 Å². The highest BCUT2D eigenvalue weighted by Crippen LogP contribution is 2.34. The summed E-state index contributed by atoms with van der Waals surface area (Å²) in [4.78, 5) is 18.0. The quantitative estimate of drug-likeness (QED) is 0.793. The molecular formula is C24H31N3O3. The first-order valence-corrected chi connectivity index (χ1v) is 10.5. The number of amides is 1. The third-order valence-electron chi connectivity index (χ3n) is 6.57. The smallest absolute Gasteiger partial charge is 0.252 e. The summed E-state index contributed by atoms with van der Waals surface area (Å²) in [5.74, 6) is 1.27. The topological polar surface area (TPSA) is 54.0 Å². The average molecular weight is 410 g/mol. The highest BCUT2D eigenvalue weighted by atomic mass is 16.5. The van der Waals surface area contributed by atoms with Crippen molar-refractivity contribution in [3.63, 3.8) is 0 Å². The molecule has 6 nitrogen and oxygen atoms in total. The fourth-order valence-corrected chi connectivity index (χ4v) is 4.70. The zero-order chi connectivity index (χ0) is 21.4. The number of methoxy groups -OCH3 is 2. The van der Waals surface area contributed by atoms with Gasteiger partial charge in [0.25, 0.3) is 5.91 Å². The zero-order valence-electron chi connectivity index (χ0n) is 18.4. The van der Waals surface area contributed by atoms with Crippen molar-refractivity contribution in [1.29, 1.82) is 0 Å². The first kappa shape index (κ1) is 20.5. The van der Waals surface area contributed by atoms with Crippen LogP contribution in [0.3, 0.4) is 0 Å². The zero-order valence-corrected chi connectivity index (χ0v) is 18.4. The number of piperazine rings is 1. The van der Waals surface area contributed by atoms with Crippen molar-refractivity contribution in [1.82, 2.24) is 10.2 Å². The van der Waals surface area contributed by atoms with Gasteiger partial charge in [-0.3, -0.25) is 9.69 Å². The Morgan fingerprint density at radius 1 is 1.07 bits per heavy atom. The molecule has 4 rings (SSSR count). The maximum atomic E-state index is 13.1. The van der Waals surface area contributed by atoms with Crippen LogP contribution < -0.4 is 19.7 Å². The van der Waals surface area contributed by atoms with E-state index in [0.717, 1.165) is 35.5 Å². The predicted octanol–water partition coefficient (Wildman–Crippen LogP) is 3.40. The number of likely N-dealkylation sites (N-methyl/N-ethyl adjacent to an activating group) is 1. The Kier molecular flexibility index (Phi) is 5.60. The number of benzene rings is 2. The number of hydrogen-bond donors (Lipinski definition) is 1. The lowest BCUT2D eigenvalue weighted by Gasteiger charge is -2.34. The van der Waals surface area contributed by atoms with Crippen LogP contribution in [0.2, 0.25) is 0 Å². The van der Waals surface area contributed by atoms with E-state index in [9.17, 15) is 4.79 Å². The molecule has 1 amide bonds. The van der Waals surface area contributed by atoms with Crippen LogP contribution in [0.15, 0.2) is 36.4 Å². The second kappa shape index (κ2) is 8.19. The molecule has 2 heterocycles. The third kappa shape index (κ3) is 3.72. The summed E-state index contributed by atoms with van der Waals surface area (Å²) < 4.78 is 10.7. The lowest BCUT2D eigenvalue weighted by molar-refractivity contribution is 0.0939. The number of carbonyl (C=O) groups excluding carboxylic acids is 1. The van der Waals surface area contributed by atoms with Gasteiger partial charge in [0.05, 0.1) is 20.3 Å². The first-order chi connectivity index (χ1) is 14.4. The highest BCUT2D eigenvalue weighted by molar-refractivity contribution is 5.97. The van der Waals surface area contributed by atoms with Crippen LogP contribution in [0.25, 0.3) is 0 Å². The monoisotopic (exact) mass is 409 g/mol. The molecule has 160 valence electrons. The van der Waals surface area contributed by atoms with Crippen molar-refractivity contribution in [2.24, 2.45) is 0 Å². The average Bonchev–Trinajstić information content (AvgIpc) is 3.33. The van der Waals surface area contributed by atoms with E-state index in [2.05, 4.69) is 34.3 Å². The minimum absolute atomic E-state index is 0.0573. The number of nitrogens with one attached hydrogen (secondary N) is 1. The first-order valence-electron chi connectivity index (χ1n) is 10.5. The van der Waals surface area contributed by atoms with Crippen molar-refractivity contribution in [2.75, 3.05) is 39.3 Å². The van der Waals surface area contributed by atoms with Crippen molar-refractivity contribution in [3.05, 3.63) is 53.1 Å². The van der Waals surface area contributed by atoms with Gasteiger partial charge in [0, 0.05) is 36.4 Å². The molecule has 0 spiro atoms. The number of anilines is 1. The summed E-state index contributed by atoms with van der Waals surface area (Å²) >= 11 is 0. The van der Waals surface area contributed by atoms with Gasteiger partial charge >= 0.3 is 0 Å². The van der Waals surface area contributed by atoms with Gasteiger partial charge in [0.1, 0.15) is 0 Å². The summed E-state index contributed by atoms with van der Waals surface area (Å²) in [7, 11) is 5.43. The van der Waals surface area contributed by atoms with Crippen molar-refractivity contribution < 1.29 is 14.3 Å². The molecule has 1 N–H and O–H groups in total. The molecule has 0 aromatic heterocycles. The standard InChI is InChI=1S/C24H31N3O3/c1-15-6-8-18(27-14-19-11-20(27)13-26(19)3)12-21(15)24(28)25-16(2)17-7-9-22(29-4)23(10-17)30-5/h6-10,12,16,19-20H,11,13-14H2,1-5H3,(H,25,28)/t16-,19+,20+/m1/s1. The molecule has 2 saturated heterocycles. The van der Waals surface area contributed by atoms with Crippen LogP contribution >= 0.6 is 0 Å². The molecular weight excluding hydrogens is 378 g/mol. The normalized spacial score (nSPS) is 21.6. The van der Waals surface area contributed by atoms with E-state index in [0.29, 0.717) is 23.6 Å². The van der Waals surface area contributed by atoms with E-state index >= 15 is 0 Å². The van der Waals surface area contributed by atoms with E-state index in [-0.39, 0.29) is 11.9 Å². The summed E-state index contributed by atoms with van der Waals surface area (Å²) in [6, 6.07) is 13.0. The maximum Gasteiger partial charge on any atom is 0.252 e. The summed E-state index contributed by atoms with van der Waals surface area (Å²) in [5, 5.41) is 3.14. The van der Waals surface area contributed by atoms with E-state index in [1.165, 1.54) is 6.42 Å². The molecule has 6 heteroatoms. The number of likely N-dealkylation sites (tertiary alicyclic amines) is 1. The van der Waals surface area contributed by atoms with Gasteiger partial charge < -0.3 is 19.7 Å². The second-order valence-corrected chi connectivity index (χ2v) is 8.44. The number of rotatable bonds is 6. The maximum absolute atomic E-state index is 13.1. The Hall–Kier alpha value is -2.73. The van der Waals surface area contributed by atoms with E-state index in [1.807, 2.05) is 38.1 Å². The van der Waals surface area contributed by atoms with Crippen LogP contribution in [-0.4, -0.2) is 57.2 Å². The largest absolute Gasteiger partial charge is 0.493 e. The number of aryl methyl sites for hydroxylation is 1. The van der Waals surface area contributed by atoms with Crippen LogP contribution in [0.4, 0.5) is 5.69 Å². The molecule has 2 aliphatic rings. The van der Waals surface area contributed by atoms with Gasteiger partial charge in [-0.25, -0.2) is 0 Å². The second-order valence-electron chi connectivity index (χ2n) is 8.44. The molecule has 30 heavy (non-hydrogen) atoms. The lowest BCUT2D eigenvalue weighted by Crippen LogP contribution is -2.44. The molecule has 0 radical (unpaired) electrons. The van der Waals surface area contributed by atoms with Crippen LogP contribution in [0.1, 0.15) is 40.9 Å².